The van der Waals surface area contributed by atoms with Gasteiger partial charge < -0.3 is 0 Å². The fourth-order valence-electron chi connectivity index (χ4n) is 4.92. The van der Waals surface area contributed by atoms with Gasteiger partial charge in [-0.2, -0.15) is 0 Å². The van der Waals surface area contributed by atoms with Crippen LogP contribution < -0.4 is 0 Å². The molecule has 0 spiro atoms. The summed E-state index contributed by atoms with van der Waals surface area (Å²) < 4.78 is 0. The molecule has 0 bridgehead atoms. The number of benzene rings is 3. The molecule has 0 N–H and O–H groups in total. The van der Waals surface area contributed by atoms with E-state index in [0.29, 0.717) is 0 Å². The van der Waals surface area contributed by atoms with E-state index in [0.717, 1.165) is 16.8 Å². The van der Waals surface area contributed by atoms with Gasteiger partial charge in [-0.05, 0) is 33.5 Å². The highest BCUT2D eigenvalue weighted by molar-refractivity contribution is 6.05. The lowest BCUT2D eigenvalue weighted by Gasteiger charge is -2.35. The average Bonchev–Trinajstić information content (AvgIpc) is 2.77. The molecule has 2 heteroatoms. The van der Waals surface area contributed by atoms with Crippen LogP contribution in [0.5, 0.6) is 0 Å². The van der Waals surface area contributed by atoms with Crippen LogP contribution in [0.1, 0.15) is 25.0 Å². The third-order valence-corrected chi connectivity index (χ3v) is 6.31. The average molecular weight is 372 g/mol. The van der Waals surface area contributed by atoms with E-state index in [1.54, 1.807) is 0 Å². The summed E-state index contributed by atoms with van der Waals surface area (Å²) in [6.45, 7) is 4.62. The zero-order valence-electron chi connectivity index (χ0n) is 16.5. The molecule has 2 heterocycles. The molecule has 0 saturated carbocycles. The standard InChI is InChI=1S/C27H20N2/c1-27(2)22-13-7-11-18-10-6-12-20(24(18)22)26-25(27)21-14-19(15-28-23(21)16-29-26)17-8-4-3-5-9-17/h3-16H,1-2H3. The van der Waals surface area contributed by atoms with Gasteiger partial charge in [-0.1, -0.05) is 80.6 Å². The molecule has 6 rings (SSSR count). The smallest absolute Gasteiger partial charge is 0.0889 e. The second-order valence-corrected chi connectivity index (χ2v) is 8.34. The van der Waals surface area contributed by atoms with Gasteiger partial charge in [0, 0.05) is 28.1 Å². The van der Waals surface area contributed by atoms with Crippen molar-refractivity contribution in [2.45, 2.75) is 19.3 Å². The highest BCUT2D eigenvalue weighted by Crippen LogP contribution is 2.49. The lowest BCUT2D eigenvalue weighted by atomic mass is 9.69. The van der Waals surface area contributed by atoms with E-state index in [2.05, 4.69) is 80.6 Å². The molecule has 29 heavy (non-hydrogen) atoms. The van der Waals surface area contributed by atoms with E-state index in [4.69, 9.17) is 9.97 Å². The molecule has 3 aromatic carbocycles. The van der Waals surface area contributed by atoms with Crippen LogP contribution in [0.3, 0.4) is 0 Å². The Balaban J connectivity index is 1.74. The number of rotatable bonds is 1. The molecule has 0 atom stereocenters. The van der Waals surface area contributed by atoms with Crippen LogP contribution in [0.4, 0.5) is 0 Å². The van der Waals surface area contributed by atoms with Crippen molar-refractivity contribution in [3.8, 4) is 22.4 Å². The van der Waals surface area contributed by atoms with Crippen molar-refractivity contribution in [2.75, 3.05) is 0 Å². The molecule has 0 saturated heterocycles. The number of hydrogen-bond donors (Lipinski definition) is 0. The second kappa shape index (κ2) is 5.74. The fourth-order valence-corrected chi connectivity index (χ4v) is 4.92. The zero-order valence-corrected chi connectivity index (χ0v) is 16.5. The predicted molar refractivity (Wildman–Crippen MR) is 120 cm³/mol. The first-order valence-corrected chi connectivity index (χ1v) is 10.0. The van der Waals surface area contributed by atoms with E-state index in [9.17, 15) is 0 Å². The van der Waals surface area contributed by atoms with Crippen LogP contribution >= 0.6 is 0 Å². The molecule has 0 aliphatic heterocycles. The molecule has 1 aliphatic rings. The molecule has 2 nitrogen and oxygen atoms in total. The summed E-state index contributed by atoms with van der Waals surface area (Å²) >= 11 is 0. The van der Waals surface area contributed by atoms with Crippen LogP contribution in [-0.2, 0) is 5.41 Å². The summed E-state index contributed by atoms with van der Waals surface area (Å²) in [4.78, 5) is 9.68. The fraction of sp³-hybridized carbons (Fsp3) is 0.111. The molecule has 5 aromatic rings. The molecular formula is C27H20N2. The first-order valence-electron chi connectivity index (χ1n) is 10.0. The van der Waals surface area contributed by atoms with Crippen molar-refractivity contribution < 1.29 is 0 Å². The van der Waals surface area contributed by atoms with E-state index >= 15 is 0 Å². The molecular weight excluding hydrogens is 352 g/mol. The molecule has 0 fully saturated rings. The Kier molecular flexibility index (Phi) is 3.25. The summed E-state index contributed by atoms with van der Waals surface area (Å²) in [5, 5.41) is 3.79. The number of aromatic nitrogens is 2. The Morgan fingerprint density at radius 3 is 2.34 bits per heavy atom. The van der Waals surface area contributed by atoms with Crippen LogP contribution in [0.25, 0.3) is 44.1 Å². The lowest BCUT2D eigenvalue weighted by Crippen LogP contribution is -2.25. The van der Waals surface area contributed by atoms with Crippen molar-refractivity contribution in [2.24, 2.45) is 0 Å². The van der Waals surface area contributed by atoms with Crippen molar-refractivity contribution in [1.29, 1.82) is 0 Å². The number of nitrogens with zero attached hydrogens (tertiary/aromatic N) is 2. The third-order valence-electron chi connectivity index (χ3n) is 6.31. The molecule has 1 aliphatic carbocycles. The first-order chi connectivity index (χ1) is 14.1. The maximum Gasteiger partial charge on any atom is 0.0889 e. The second-order valence-electron chi connectivity index (χ2n) is 8.34. The minimum Gasteiger partial charge on any atom is -0.254 e. The Morgan fingerprint density at radius 1 is 0.724 bits per heavy atom. The summed E-state index contributed by atoms with van der Waals surface area (Å²) in [7, 11) is 0. The van der Waals surface area contributed by atoms with Crippen molar-refractivity contribution in [1.82, 2.24) is 9.97 Å². The van der Waals surface area contributed by atoms with Crippen molar-refractivity contribution in [3.05, 3.63) is 96.3 Å². The Bertz CT molecular complexity index is 1410. The van der Waals surface area contributed by atoms with E-state index < -0.39 is 0 Å². The molecule has 0 unspecified atom stereocenters. The van der Waals surface area contributed by atoms with Crippen LogP contribution in [0, 0.1) is 0 Å². The highest BCUT2D eigenvalue weighted by Gasteiger charge is 2.35. The van der Waals surface area contributed by atoms with Gasteiger partial charge in [0.05, 0.1) is 17.4 Å². The van der Waals surface area contributed by atoms with Crippen molar-refractivity contribution >= 4 is 21.7 Å². The zero-order chi connectivity index (χ0) is 19.6. The van der Waals surface area contributed by atoms with Gasteiger partial charge in [-0.3, -0.25) is 9.97 Å². The van der Waals surface area contributed by atoms with E-state index in [1.807, 2.05) is 18.5 Å². The first kappa shape index (κ1) is 16.4. The van der Waals surface area contributed by atoms with Gasteiger partial charge in [0.25, 0.3) is 0 Å². The Morgan fingerprint density at radius 2 is 1.52 bits per heavy atom. The maximum absolute atomic E-state index is 4.91. The SMILES string of the molecule is CC1(C)c2c(ncc3ncc(-c4ccccc4)cc23)-c2cccc3cccc1c23. The minimum atomic E-state index is -0.160. The minimum absolute atomic E-state index is 0.160. The maximum atomic E-state index is 4.91. The summed E-state index contributed by atoms with van der Waals surface area (Å²) in [6, 6.07) is 25.9. The van der Waals surface area contributed by atoms with Gasteiger partial charge in [0.1, 0.15) is 0 Å². The van der Waals surface area contributed by atoms with Gasteiger partial charge in [0.15, 0.2) is 0 Å². The van der Waals surface area contributed by atoms with Crippen LogP contribution in [-0.4, -0.2) is 9.97 Å². The van der Waals surface area contributed by atoms with Gasteiger partial charge in [0.2, 0.25) is 0 Å². The largest absolute Gasteiger partial charge is 0.254 e. The molecule has 0 radical (unpaired) electrons. The molecule has 138 valence electrons. The topological polar surface area (TPSA) is 25.8 Å². The van der Waals surface area contributed by atoms with Crippen molar-refractivity contribution in [3.63, 3.8) is 0 Å². The summed E-state index contributed by atoms with van der Waals surface area (Å²) in [5.74, 6) is 0. The summed E-state index contributed by atoms with van der Waals surface area (Å²) in [5.41, 5.74) is 8.04. The predicted octanol–water partition coefficient (Wildman–Crippen LogP) is 6.76. The monoisotopic (exact) mass is 372 g/mol. The van der Waals surface area contributed by atoms with Crippen LogP contribution in [0.15, 0.2) is 85.2 Å². The molecule has 2 aromatic heterocycles. The highest BCUT2D eigenvalue weighted by atomic mass is 14.8. The number of pyridine rings is 2. The normalized spacial score (nSPS) is 14.1. The Hall–Kier alpha value is -3.52. The quantitative estimate of drug-likeness (QED) is 0.325. The number of hydrogen-bond acceptors (Lipinski definition) is 2. The molecule has 0 amide bonds. The van der Waals surface area contributed by atoms with Gasteiger partial charge in [-0.15, -0.1) is 0 Å². The van der Waals surface area contributed by atoms with E-state index in [1.165, 1.54) is 38.4 Å². The van der Waals surface area contributed by atoms with Gasteiger partial charge >= 0.3 is 0 Å². The van der Waals surface area contributed by atoms with Crippen LogP contribution in [0.2, 0.25) is 0 Å². The number of fused-ring (bicyclic) bond motifs is 4. The Labute approximate surface area is 169 Å². The third kappa shape index (κ3) is 2.23. The summed E-state index contributed by atoms with van der Waals surface area (Å²) in [6.07, 6.45) is 3.88. The van der Waals surface area contributed by atoms with Gasteiger partial charge in [-0.25, -0.2) is 0 Å². The lowest BCUT2D eigenvalue weighted by molar-refractivity contribution is 0.648. The van der Waals surface area contributed by atoms with E-state index in [-0.39, 0.29) is 5.41 Å².